The van der Waals surface area contributed by atoms with E-state index in [1.54, 1.807) is 19.3 Å². The Hall–Kier alpha value is -2.47. The summed E-state index contributed by atoms with van der Waals surface area (Å²) in [6.07, 6.45) is 5.10. The average molecular weight is 339 g/mol. The standard InChI is InChI=1S/C19H21N3O3/c1-11-20-9-15(10-21-11)19(24)22-18(14-7-16(23)8-14)13-2-3-17-12(6-13)4-5-25-17/h2-3,6,9-10,14,16,18,23H,4-5,7-8H2,1H3,(H,22,24)/t14?,16?,18-/m0/s1. The zero-order valence-electron chi connectivity index (χ0n) is 14.1. The summed E-state index contributed by atoms with van der Waals surface area (Å²) in [5, 5.41) is 12.8. The molecule has 1 amide bonds. The van der Waals surface area contributed by atoms with Crippen molar-refractivity contribution in [2.45, 2.75) is 38.3 Å². The normalized spacial score (nSPS) is 22.5. The third-order valence-electron chi connectivity index (χ3n) is 5.02. The summed E-state index contributed by atoms with van der Waals surface area (Å²) in [4.78, 5) is 20.8. The number of ether oxygens (including phenoxy) is 1. The predicted octanol–water partition coefficient (Wildman–Crippen LogP) is 1.96. The third-order valence-corrected chi connectivity index (χ3v) is 5.02. The number of nitrogens with zero attached hydrogens (tertiary/aromatic N) is 2. The second-order valence-electron chi connectivity index (χ2n) is 6.82. The van der Waals surface area contributed by atoms with Gasteiger partial charge in [0.25, 0.3) is 5.91 Å². The summed E-state index contributed by atoms with van der Waals surface area (Å²) in [5.74, 6) is 1.59. The first-order valence-electron chi connectivity index (χ1n) is 8.63. The third kappa shape index (κ3) is 3.22. The van der Waals surface area contributed by atoms with E-state index in [4.69, 9.17) is 4.74 Å². The number of hydrogen-bond acceptors (Lipinski definition) is 5. The molecule has 1 aliphatic heterocycles. The van der Waals surface area contributed by atoms with Crippen LogP contribution in [0.3, 0.4) is 0 Å². The van der Waals surface area contributed by atoms with Crippen molar-refractivity contribution in [3.8, 4) is 5.75 Å². The van der Waals surface area contributed by atoms with E-state index in [-0.39, 0.29) is 24.0 Å². The average Bonchev–Trinajstić information content (AvgIpc) is 3.05. The van der Waals surface area contributed by atoms with Gasteiger partial charge in [0, 0.05) is 18.8 Å². The Bertz CT molecular complexity index is 785. The van der Waals surface area contributed by atoms with Gasteiger partial charge in [0.1, 0.15) is 11.6 Å². The molecule has 1 aromatic heterocycles. The molecular weight excluding hydrogens is 318 g/mol. The van der Waals surface area contributed by atoms with Crippen LogP contribution < -0.4 is 10.1 Å². The van der Waals surface area contributed by atoms with Gasteiger partial charge in [-0.05, 0) is 48.9 Å². The van der Waals surface area contributed by atoms with E-state index in [2.05, 4.69) is 21.4 Å². The number of fused-ring (bicyclic) bond motifs is 1. The molecule has 6 heteroatoms. The summed E-state index contributed by atoms with van der Waals surface area (Å²) in [6, 6.07) is 5.96. The first kappa shape index (κ1) is 16.0. The molecule has 1 fully saturated rings. The highest BCUT2D eigenvalue weighted by Crippen LogP contribution is 2.39. The SMILES string of the molecule is Cc1ncc(C(=O)N[C@@H](c2ccc3c(c2)CCO3)C2CC(O)C2)cn1. The molecule has 2 aliphatic rings. The van der Waals surface area contributed by atoms with Gasteiger partial charge in [0.15, 0.2) is 0 Å². The van der Waals surface area contributed by atoms with Crippen LogP contribution in [0.2, 0.25) is 0 Å². The van der Waals surface area contributed by atoms with E-state index in [9.17, 15) is 9.90 Å². The van der Waals surface area contributed by atoms with Crippen LogP contribution in [0.25, 0.3) is 0 Å². The second kappa shape index (κ2) is 6.44. The van der Waals surface area contributed by atoms with Crippen LogP contribution in [0.4, 0.5) is 0 Å². The molecule has 0 saturated heterocycles. The monoisotopic (exact) mass is 339 g/mol. The molecule has 1 aromatic carbocycles. The van der Waals surface area contributed by atoms with Gasteiger partial charge >= 0.3 is 0 Å². The maximum absolute atomic E-state index is 12.6. The minimum atomic E-state index is -0.273. The predicted molar refractivity (Wildman–Crippen MR) is 91.3 cm³/mol. The number of hydrogen-bond donors (Lipinski definition) is 2. The van der Waals surface area contributed by atoms with Crippen molar-refractivity contribution in [2.24, 2.45) is 5.92 Å². The number of aromatic nitrogens is 2. The van der Waals surface area contributed by atoms with Crippen LogP contribution in [0, 0.1) is 12.8 Å². The number of benzene rings is 1. The van der Waals surface area contributed by atoms with Crippen LogP contribution in [-0.2, 0) is 6.42 Å². The van der Waals surface area contributed by atoms with E-state index in [1.807, 2.05) is 12.1 Å². The summed E-state index contributed by atoms with van der Waals surface area (Å²) < 4.78 is 5.57. The first-order valence-corrected chi connectivity index (χ1v) is 8.63. The van der Waals surface area contributed by atoms with Gasteiger partial charge in [-0.3, -0.25) is 4.79 Å². The molecule has 2 heterocycles. The fourth-order valence-electron chi connectivity index (χ4n) is 3.51. The van der Waals surface area contributed by atoms with Gasteiger partial charge in [-0.1, -0.05) is 6.07 Å². The fraction of sp³-hybridized carbons (Fsp3) is 0.421. The molecule has 0 bridgehead atoms. The van der Waals surface area contributed by atoms with E-state index in [0.29, 0.717) is 30.8 Å². The summed E-state index contributed by atoms with van der Waals surface area (Å²) in [5.41, 5.74) is 2.68. The molecule has 1 atom stereocenters. The molecule has 130 valence electrons. The van der Waals surface area contributed by atoms with E-state index >= 15 is 0 Å². The van der Waals surface area contributed by atoms with E-state index in [0.717, 1.165) is 17.7 Å². The van der Waals surface area contributed by atoms with Gasteiger partial charge in [-0.2, -0.15) is 0 Å². The van der Waals surface area contributed by atoms with Crippen LogP contribution in [-0.4, -0.2) is 33.7 Å². The highest BCUT2D eigenvalue weighted by molar-refractivity contribution is 5.93. The van der Waals surface area contributed by atoms with Crippen molar-refractivity contribution in [3.05, 3.63) is 53.1 Å². The number of carbonyl (C=O) groups is 1. The van der Waals surface area contributed by atoms with Gasteiger partial charge in [0.05, 0.1) is 24.3 Å². The van der Waals surface area contributed by atoms with Crippen LogP contribution >= 0.6 is 0 Å². The lowest BCUT2D eigenvalue weighted by Gasteiger charge is -2.38. The van der Waals surface area contributed by atoms with Gasteiger partial charge in [0.2, 0.25) is 0 Å². The van der Waals surface area contributed by atoms with Crippen molar-refractivity contribution in [1.29, 1.82) is 0 Å². The number of amides is 1. The Morgan fingerprint density at radius 1 is 1.32 bits per heavy atom. The molecule has 2 N–H and O–H groups in total. The quantitative estimate of drug-likeness (QED) is 0.889. The first-order chi connectivity index (χ1) is 12.1. The molecule has 2 aromatic rings. The highest BCUT2D eigenvalue weighted by atomic mass is 16.5. The molecule has 0 unspecified atom stereocenters. The van der Waals surface area contributed by atoms with Crippen molar-refractivity contribution in [1.82, 2.24) is 15.3 Å². The zero-order chi connectivity index (χ0) is 17.4. The fourth-order valence-corrected chi connectivity index (χ4v) is 3.51. The maximum Gasteiger partial charge on any atom is 0.254 e. The topological polar surface area (TPSA) is 84.3 Å². The van der Waals surface area contributed by atoms with E-state index in [1.165, 1.54) is 5.56 Å². The molecular formula is C19H21N3O3. The van der Waals surface area contributed by atoms with Gasteiger partial charge < -0.3 is 15.2 Å². The Morgan fingerprint density at radius 3 is 2.80 bits per heavy atom. The molecule has 1 aliphatic carbocycles. The number of carbonyl (C=O) groups excluding carboxylic acids is 1. The smallest absolute Gasteiger partial charge is 0.254 e. The number of rotatable bonds is 4. The number of aryl methyl sites for hydroxylation is 1. The molecule has 6 nitrogen and oxygen atoms in total. The maximum atomic E-state index is 12.6. The van der Waals surface area contributed by atoms with Crippen molar-refractivity contribution in [2.75, 3.05) is 6.61 Å². The van der Waals surface area contributed by atoms with Crippen molar-refractivity contribution in [3.63, 3.8) is 0 Å². The lowest BCUT2D eigenvalue weighted by Crippen LogP contribution is -2.41. The van der Waals surface area contributed by atoms with Gasteiger partial charge in [-0.25, -0.2) is 9.97 Å². The minimum absolute atomic E-state index is 0.136. The van der Waals surface area contributed by atoms with Gasteiger partial charge in [-0.15, -0.1) is 0 Å². The summed E-state index contributed by atoms with van der Waals surface area (Å²) >= 11 is 0. The Balaban J connectivity index is 1.58. The van der Waals surface area contributed by atoms with Crippen molar-refractivity contribution >= 4 is 5.91 Å². The lowest BCUT2D eigenvalue weighted by atomic mass is 9.74. The van der Waals surface area contributed by atoms with Crippen LogP contribution in [0.5, 0.6) is 5.75 Å². The van der Waals surface area contributed by atoms with E-state index < -0.39 is 0 Å². The summed E-state index contributed by atoms with van der Waals surface area (Å²) in [7, 11) is 0. The lowest BCUT2D eigenvalue weighted by molar-refractivity contribution is 0.0235. The molecule has 0 spiro atoms. The largest absolute Gasteiger partial charge is 0.493 e. The molecule has 25 heavy (non-hydrogen) atoms. The Morgan fingerprint density at radius 2 is 2.08 bits per heavy atom. The molecule has 0 radical (unpaired) electrons. The number of aliphatic hydroxyl groups excluding tert-OH is 1. The van der Waals surface area contributed by atoms with Crippen LogP contribution in [0.15, 0.2) is 30.6 Å². The van der Waals surface area contributed by atoms with Crippen LogP contribution in [0.1, 0.15) is 46.2 Å². The molecule has 1 saturated carbocycles. The zero-order valence-corrected chi connectivity index (χ0v) is 14.1. The highest BCUT2D eigenvalue weighted by Gasteiger charge is 2.36. The summed E-state index contributed by atoms with van der Waals surface area (Å²) in [6.45, 7) is 2.49. The number of nitrogens with one attached hydrogen (secondary N) is 1. The Labute approximate surface area is 146 Å². The minimum Gasteiger partial charge on any atom is -0.493 e. The molecule has 4 rings (SSSR count). The van der Waals surface area contributed by atoms with Crippen molar-refractivity contribution < 1.29 is 14.6 Å². The second-order valence-corrected chi connectivity index (χ2v) is 6.82. The Kier molecular flexibility index (Phi) is 4.13. The number of aliphatic hydroxyl groups is 1.